The van der Waals surface area contributed by atoms with Crippen LogP contribution < -0.4 is 16.3 Å². The van der Waals surface area contributed by atoms with Crippen molar-refractivity contribution >= 4 is 45.4 Å². The Kier molecular flexibility index (Phi) is 7.16. The lowest BCUT2D eigenvalue weighted by Crippen LogP contribution is -2.17. The van der Waals surface area contributed by atoms with Crippen LogP contribution in [0.1, 0.15) is 6.42 Å². The van der Waals surface area contributed by atoms with Gasteiger partial charge in [0.15, 0.2) is 0 Å². The minimum atomic E-state index is -0.492. The number of ether oxygens (including phenoxy) is 1. The fraction of sp³-hybridized carbons (Fsp3) is 0.167. The molecule has 0 bridgehead atoms. The van der Waals surface area contributed by atoms with Crippen LogP contribution in [0.25, 0.3) is 10.8 Å². The second-order valence-electron chi connectivity index (χ2n) is 5.36. The minimum Gasteiger partial charge on any atom is -0.449 e. The molecule has 7 nitrogen and oxygen atoms in total. The largest absolute Gasteiger partial charge is 0.449 e. The summed E-state index contributed by atoms with van der Waals surface area (Å²) >= 11 is 0. The van der Waals surface area contributed by atoms with E-state index in [1.54, 1.807) is 6.07 Å². The Bertz CT molecular complexity index is 924. The fourth-order valence-electron chi connectivity index (χ4n) is 2.41. The van der Waals surface area contributed by atoms with Crippen molar-refractivity contribution in [2.75, 3.05) is 23.8 Å². The zero-order valence-electron chi connectivity index (χ0n) is 13.9. The number of halogens is 1. The molecular weight excluding hydrogens is 400 g/mol. The van der Waals surface area contributed by atoms with Crippen molar-refractivity contribution in [1.29, 1.82) is 0 Å². The van der Waals surface area contributed by atoms with Gasteiger partial charge in [0.25, 0.3) is 0 Å². The summed E-state index contributed by atoms with van der Waals surface area (Å²) in [5.74, 6) is 0.584. The average molecular weight is 419 g/mol. The van der Waals surface area contributed by atoms with Gasteiger partial charge in [-0.15, -0.1) is 17.0 Å². The number of hydrogen-bond acceptors (Lipinski definition) is 5. The Morgan fingerprint density at radius 1 is 1.12 bits per heavy atom. The number of carbonyl (C=O) groups excluding carboxylic acids is 1. The maximum absolute atomic E-state index is 11.9. The van der Waals surface area contributed by atoms with Gasteiger partial charge in [0.1, 0.15) is 5.82 Å². The number of benzene rings is 2. The zero-order chi connectivity index (χ0) is 17.5. The lowest BCUT2D eigenvalue weighted by atomic mass is 10.1. The van der Waals surface area contributed by atoms with Gasteiger partial charge >= 0.3 is 11.8 Å². The molecule has 1 aromatic heterocycles. The molecule has 3 rings (SSSR count). The predicted octanol–water partition coefficient (Wildman–Crippen LogP) is 3.55. The van der Waals surface area contributed by atoms with Gasteiger partial charge in [0, 0.05) is 18.1 Å². The number of hydrogen-bond donors (Lipinski definition) is 3. The molecule has 0 saturated carbocycles. The van der Waals surface area contributed by atoms with E-state index >= 15 is 0 Å². The van der Waals surface area contributed by atoms with E-state index in [4.69, 9.17) is 4.74 Å². The van der Waals surface area contributed by atoms with Crippen LogP contribution in [0.15, 0.2) is 59.5 Å². The molecule has 2 aromatic carbocycles. The number of aromatic amines is 1. The van der Waals surface area contributed by atoms with Gasteiger partial charge in [-0.3, -0.25) is 10.3 Å². The van der Waals surface area contributed by atoms with E-state index in [0.717, 1.165) is 16.5 Å². The highest BCUT2D eigenvalue weighted by molar-refractivity contribution is 8.93. The standard InChI is InChI=1S/C18H18N4O3.BrH/c23-17-20-11-9-16(22-17)19-10-4-12-25-18(24)21-15-8-3-6-13-5-1-2-7-14(13)15;/h1-3,5-9,11H,4,10,12H2,(H,21,24)(H2,19,20,22,23);1H. The summed E-state index contributed by atoms with van der Waals surface area (Å²) in [5.41, 5.74) is 0.311. The van der Waals surface area contributed by atoms with E-state index in [2.05, 4.69) is 20.6 Å². The Morgan fingerprint density at radius 2 is 1.92 bits per heavy atom. The zero-order valence-corrected chi connectivity index (χ0v) is 15.6. The first-order chi connectivity index (χ1) is 12.2. The van der Waals surface area contributed by atoms with Crippen LogP contribution in [-0.2, 0) is 4.74 Å². The molecule has 0 aliphatic carbocycles. The summed E-state index contributed by atoms with van der Waals surface area (Å²) in [7, 11) is 0. The third-order valence-corrected chi connectivity index (χ3v) is 3.57. The SMILES string of the molecule is Br.O=C(Nc1cccc2ccccc12)OCCCNc1ccnc(=O)[nH]1. The molecule has 1 amide bonds. The quantitative estimate of drug-likeness (QED) is 0.531. The number of nitrogens with one attached hydrogen (secondary N) is 3. The molecule has 0 saturated heterocycles. The first-order valence-electron chi connectivity index (χ1n) is 7.93. The normalized spacial score (nSPS) is 10.0. The number of nitrogens with zero attached hydrogens (tertiary/aromatic N) is 1. The van der Waals surface area contributed by atoms with Gasteiger partial charge in [-0.25, -0.2) is 14.6 Å². The minimum absolute atomic E-state index is 0. The van der Waals surface area contributed by atoms with Crippen molar-refractivity contribution < 1.29 is 9.53 Å². The van der Waals surface area contributed by atoms with E-state index in [0.29, 0.717) is 18.8 Å². The number of rotatable bonds is 6. The van der Waals surface area contributed by atoms with Crippen LogP contribution in [0.5, 0.6) is 0 Å². The molecule has 26 heavy (non-hydrogen) atoms. The number of H-pyrrole nitrogens is 1. The van der Waals surface area contributed by atoms with Crippen molar-refractivity contribution in [3.8, 4) is 0 Å². The third-order valence-electron chi connectivity index (χ3n) is 3.57. The molecule has 0 aliphatic heterocycles. The second kappa shape index (κ2) is 9.57. The van der Waals surface area contributed by atoms with E-state index in [1.807, 2.05) is 42.5 Å². The van der Waals surface area contributed by atoms with E-state index < -0.39 is 11.8 Å². The van der Waals surface area contributed by atoms with Crippen LogP contribution in [0.4, 0.5) is 16.3 Å². The van der Waals surface area contributed by atoms with Crippen molar-refractivity contribution in [2.45, 2.75) is 6.42 Å². The number of aromatic nitrogens is 2. The van der Waals surface area contributed by atoms with Gasteiger partial charge in [0.2, 0.25) is 0 Å². The highest BCUT2D eigenvalue weighted by atomic mass is 79.9. The smallest absolute Gasteiger partial charge is 0.411 e. The summed E-state index contributed by atoms with van der Waals surface area (Å²) in [6.07, 6.45) is 1.54. The van der Waals surface area contributed by atoms with Crippen molar-refractivity contribution in [1.82, 2.24) is 9.97 Å². The number of amides is 1. The summed E-state index contributed by atoms with van der Waals surface area (Å²) in [6, 6.07) is 15.2. The highest BCUT2D eigenvalue weighted by Gasteiger charge is 2.06. The molecule has 0 aliphatic rings. The summed E-state index contributed by atoms with van der Waals surface area (Å²) in [6.45, 7) is 0.820. The topological polar surface area (TPSA) is 96.1 Å². The number of fused-ring (bicyclic) bond motifs is 1. The Morgan fingerprint density at radius 3 is 2.77 bits per heavy atom. The maximum atomic E-state index is 11.9. The summed E-state index contributed by atoms with van der Waals surface area (Å²) in [5, 5.41) is 7.80. The van der Waals surface area contributed by atoms with Crippen LogP contribution in [0.2, 0.25) is 0 Å². The van der Waals surface area contributed by atoms with E-state index in [-0.39, 0.29) is 23.6 Å². The lowest BCUT2D eigenvalue weighted by molar-refractivity contribution is 0.161. The highest BCUT2D eigenvalue weighted by Crippen LogP contribution is 2.22. The van der Waals surface area contributed by atoms with Crippen LogP contribution in [0, 0.1) is 0 Å². The number of anilines is 2. The Labute approximate surface area is 160 Å². The molecule has 0 unspecified atom stereocenters. The monoisotopic (exact) mass is 418 g/mol. The predicted molar refractivity (Wildman–Crippen MR) is 107 cm³/mol. The average Bonchev–Trinajstić information content (AvgIpc) is 2.62. The molecule has 0 radical (unpaired) electrons. The van der Waals surface area contributed by atoms with E-state index in [9.17, 15) is 9.59 Å². The fourth-order valence-corrected chi connectivity index (χ4v) is 2.41. The van der Waals surface area contributed by atoms with Crippen LogP contribution in [0.3, 0.4) is 0 Å². The van der Waals surface area contributed by atoms with Gasteiger partial charge < -0.3 is 10.1 Å². The van der Waals surface area contributed by atoms with Gasteiger partial charge in [-0.05, 0) is 23.9 Å². The molecule has 136 valence electrons. The molecule has 3 N–H and O–H groups in total. The Balaban J connectivity index is 0.00000243. The summed E-state index contributed by atoms with van der Waals surface area (Å²) in [4.78, 5) is 29.1. The van der Waals surface area contributed by atoms with Gasteiger partial charge in [-0.2, -0.15) is 0 Å². The van der Waals surface area contributed by atoms with Crippen LogP contribution >= 0.6 is 17.0 Å². The van der Waals surface area contributed by atoms with Crippen molar-refractivity contribution in [2.24, 2.45) is 0 Å². The molecule has 0 spiro atoms. The molecule has 0 atom stereocenters. The molecule has 8 heteroatoms. The van der Waals surface area contributed by atoms with E-state index in [1.165, 1.54) is 6.20 Å². The van der Waals surface area contributed by atoms with Gasteiger partial charge in [0.05, 0.1) is 12.3 Å². The first-order valence-corrected chi connectivity index (χ1v) is 7.93. The van der Waals surface area contributed by atoms with Crippen LogP contribution in [-0.4, -0.2) is 29.2 Å². The van der Waals surface area contributed by atoms with Gasteiger partial charge in [-0.1, -0.05) is 36.4 Å². The van der Waals surface area contributed by atoms with Crippen molar-refractivity contribution in [3.63, 3.8) is 0 Å². The molecule has 0 fully saturated rings. The second-order valence-corrected chi connectivity index (χ2v) is 5.36. The lowest BCUT2D eigenvalue weighted by Gasteiger charge is -2.10. The Hall–Kier alpha value is -2.87. The molecule has 1 heterocycles. The number of carbonyl (C=O) groups is 1. The first kappa shape index (κ1) is 19.5. The molecule has 3 aromatic rings. The maximum Gasteiger partial charge on any atom is 0.411 e. The molecular formula is C18H19BrN4O3. The van der Waals surface area contributed by atoms with Crippen molar-refractivity contribution in [3.05, 3.63) is 65.2 Å². The summed E-state index contributed by atoms with van der Waals surface area (Å²) < 4.78 is 5.18. The third kappa shape index (κ3) is 5.32.